The van der Waals surface area contributed by atoms with Gasteiger partial charge in [-0.2, -0.15) is 0 Å². The summed E-state index contributed by atoms with van der Waals surface area (Å²) in [5, 5.41) is 8.36. The van der Waals surface area contributed by atoms with Crippen LogP contribution in [-0.2, 0) is 0 Å². The van der Waals surface area contributed by atoms with Gasteiger partial charge < -0.3 is 5.11 Å². The Morgan fingerprint density at radius 1 is 1.00 bits per heavy atom. The average Bonchev–Trinajstić information content (AvgIpc) is 1.81. The van der Waals surface area contributed by atoms with Crippen molar-refractivity contribution in [1.82, 2.24) is 0 Å². The monoisotopic (exact) mass is 134 g/mol. The van der Waals surface area contributed by atoms with Crippen molar-refractivity contribution in [3.8, 4) is 0 Å². The van der Waals surface area contributed by atoms with Crippen LogP contribution in [0.2, 0.25) is 0 Å². The molecule has 0 rings (SSSR count). The zero-order valence-corrected chi connectivity index (χ0v) is 6.42. The Balaban J connectivity index is 2.53. The molecule has 1 nitrogen and oxygen atoms in total. The number of hydrogen-bond donors (Lipinski definition) is 1. The molecule has 0 radical (unpaired) electrons. The van der Waals surface area contributed by atoms with Crippen LogP contribution in [0.1, 0.15) is 25.7 Å². The minimum absolute atomic E-state index is 0.358. The van der Waals surface area contributed by atoms with E-state index in [1.165, 1.54) is 25.4 Å². The quantitative estimate of drug-likeness (QED) is 0.445. The summed E-state index contributed by atoms with van der Waals surface area (Å²) < 4.78 is 0. The number of aliphatic hydroxyl groups is 1. The first-order valence-electron chi connectivity index (χ1n) is 3.22. The first-order chi connectivity index (χ1) is 3.91. The normalized spacial score (nSPS) is 9.75. The van der Waals surface area contributed by atoms with Crippen molar-refractivity contribution in [2.45, 2.75) is 25.7 Å². The van der Waals surface area contributed by atoms with Gasteiger partial charge in [-0.05, 0) is 19.0 Å². The largest absolute Gasteiger partial charge is 0.396 e. The molecule has 0 saturated carbocycles. The third kappa shape index (κ3) is 6.39. The summed E-state index contributed by atoms with van der Waals surface area (Å²) in [4.78, 5) is 0. The molecule has 2 heteroatoms. The average molecular weight is 134 g/mol. The second-order valence-corrected chi connectivity index (χ2v) is 2.50. The van der Waals surface area contributed by atoms with Crippen LogP contribution >= 0.6 is 9.24 Å². The Morgan fingerprint density at radius 2 is 1.62 bits per heavy atom. The fourth-order valence-corrected chi connectivity index (χ4v) is 0.898. The van der Waals surface area contributed by atoms with Gasteiger partial charge in [0, 0.05) is 6.61 Å². The Morgan fingerprint density at radius 3 is 2.12 bits per heavy atom. The first-order valence-corrected chi connectivity index (χ1v) is 4.04. The lowest BCUT2D eigenvalue weighted by Gasteiger charge is -1.93. The van der Waals surface area contributed by atoms with Crippen LogP contribution in [0, 0.1) is 0 Å². The summed E-state index contributed by atoms with van der Waals surface area (Å²) in [6, 6.07) is 0. The lowest BCUT2D eigenvalue weighted by Crippen LogP contribution is -1.82. The van der Waals surface area contributed by atoms with Gasteiger partial charge in [0.1, 0.15) is 0 Å². The summed E-state index contributed by atoms with van der Waals surface area (Å²) in [5.41, 5.74) is 0. The smallest absolute Gasteiger partial charge is 0.0431 e. The number of aliphatic hydroxyl groups excluding tert-OH is 1. The summed E-state index contributed by atoms with van der Waals surface area (Å²) >= 11 is 0. The van der Waals surface area contributed by atoms with Crippen molar-refractivity contribution < 1.29 is 5.11 Å². The van der Waals surface area contributed by atoms with Gasteiger partial charge in [-0.25, -0.2) is 0 Å². The van der Waals surface area contributed by atoms with E-state index >= 15 is 0 Å². The molecule has 0 spiro atoms. The van der Waals surface area contributed by atoms with Gasteiger partial charge in [-0.3, -0.25) is 0 Å². The molecule has 0 bridgehead atoms. The lowest BCUT2D eigenvalue weighted by molar-refractivity contribution is 0.283. The Bertz CT molecular complexity index is 33.5. The Labute approximate surface area is 53.7 Å². The van der Waals surface area contributed by atoms with Gasteiger partial charge in [-0.15, -0.1) is 9.24 Å². The van der Waals surface area contributed by atoms with Crippen LogP contribution in [0.5, 0.6) is 0 Å². The molecule has 1 unspecified atom stereocenters. The van der Waals surface area contributed by atoms with E-state index in [2.05, 4.69) is 9.24 Å². The summed E-state index contributed by atoms with van der Waals surface area (Å²) in [6.07, 6.45) is 5.91. The third-order valence-corrected chi connectivity index (χ3v) is 1.52. The Kier molecular flexibility index (Phi) is 7.75. The molecule has 1 atom stereocenters. The van der Waals surface area contributed by atoms with Gasteiger partial charge in [0.2, 0.25) is 0 Å². The van der Waals surface area contributed by atoms with E-state index in [9.17, 15) is 0 Å². The molecule has 0 aromatic rings. The molecular formula is C6H15OP. The van der Waals surface area contributed by atoms with Gasteiger partial charge >= 0.3 is 0 Å². The standard InChI is InChI=1S/C6H15OP/c7-5-3-1-2-4-6-8/h7H,1-6,8H2. The molecule has 50 valence electrons. The minimum atomic E-state index is 0.358. The van der Waals surface area contributed by atoms with Crippen molar-refractivity contribution in [3.63, 3.8) is 0 Å². The van der Waals surface area contributed by atoms with E-state index in [1.54, 1.807) is 0 Å². The maximum absolute atomic E-state index is 8.36. The molecule has 0 aliphatic rings. The van der Waals surface area contributed by atoms with E-state index in [-0.39, 0.29) is 0 Å². The van der Waals surface area contributed by atoms with E-state index < -0.39 is 0 Å². The Hall–Kier alpha value is 0.390. The number of unbranched alkanes of at least 4 members (excludes halogenated alkanes) is 3. The van der Waals surface area contributed by atoms with E-state index in [0.29, 0.717) is 6.61 Å². The van der Waals surface area contributed by atoms with Crippen LogP contribution in [0.25, 0.3) is 0 Å². The topological polar surface area (TPSA) is 20.2 Å². The van der Waals surface area contributed by atoms with Gasteiger partial charge in [0.05, 0.1) is 0 Å². The SMILES string of the molecule is OCCCCCCP. The van der Waals surface area contributed by atoms with E-state index in [0.717, 1.165) is 6.42 Å². The molecular weight excluding hydrogens is 119 g/mol. The summed E-state index contributed by atoms with van der Waals surface area (Å²) in [6.45, 7) is 0.358. The van der Waals surface area contributed by atoms with Gasteiger partial charge in [0.15, 0.2) is 0 Å². The zero-order valence-electron chi connectivity index (χ0n) is 5.27. The van der Waals surface area contributed by atoms with Gasteiger partial charge in [0.25, 0.3) is 0 Å². The highest BCUT2D eigenvalue weighted by Gasteiger charge is 1.84. The summed E-state index contributed by atoms with van der Waals surface area (Å²) in [7, 11) is 2.70. The second kappa shape index (κ2) is 7.39. The molecule has 0 amide bonds. The molecule has 8 heavy (non-hydrogen) atoms. The van der Waals surface area contributed by atoms with Crippen LogP contribution in [0.15, 0.2) is 0 Å². The minimum Gasteiger partial charge on any atom is -0.396 e. The molecule has 0 aliphatic heterocycles. The molecule has 0 saturated heterocycles. The van der Waals surface area contributed by atoms with E-state index in [4.69, 9.17) is 5.11 Å². The van der Waals surface area contributed by atoms with Crippen molar-refractivity contribution >= 4 is 9.24 Å². The summed E-state index contributed by atoms with van der Waals surface area (Å²) in [5.74, 6) is 0. The molecule has 0 aromatic heterocycles. The van der Waals surface area contributed by atoms with E-state index in [1.807, 2.05) is 0 Å². The van der Waals surface area contributed by atoms with Crippen molar-refractivity contribution in [2.75, 3.05) is 12.8 Å². The fourth-order valence-electron chi connectivity index (χ4n) is 0.610. The third-order valence-electron chi connectivity index (χ3n) is 1.11. The zero-order chi connectivity index (χ0) is 6.24. The number of rotatable bonds is 5. The van der Waals surface area contributed by atoms with Crippen molar-refractivity contribution in [1.29, 1.82) is 0 Å². The van der Waals surface area contributed by atoms with Crippen LogP contribution < -0.4 is 0 Å². The highest BCUT2D eigenvalue weighted by atomic mass is 31.0. The molecule has 0 fully saturated rings. The lowest BCUT2D eigenvalue weighted by atomic mass is 10.2. The van der Waals surface area contributed by atoms with Gasteiger partial charge in [-0.1, -0.05) is 12.8 Å². The van der Waals surface area contributed by atoms with Crippen molar-refractivity contribution in [2.24, 2.45) is 0 Å². The molecule has 0 aliphatic carbocycles. The molecule has 0 heterocycles. The predicted molar refractivity (Wildman–Crippen MR) is 40.1 cm³/mol. The first kappa shape index (κ1) is 8.39. The van der Waals surface area contributed by atoms with Crippen LogP contribution in [0.4, 0.5) is 0 Å². The van der Waals surface area contributed by atoms with Crippen molar-refractivity contribution in [3.05, 3.63) is 0 Å². The maximum atomic E-state index is 8.36. The van der Waals surface area contributed by atoms with Crippen LogP contribution in [-0.4, -0.2) is 17.9 Å². The number of hydrogen-bond acceptors (Lipinski definition) is 1. The maximum Gasteiger partial charge on any atom is 0.0431 e. The van der Waals surface area contributed by atoms with Crippen LogP contribution in [0.3, 0.4) is 0 Å². The molecule has 1 N–H and O–H groups in total. The second-order valence-electron chi connectivity index (χ2n) is 1.93. The molecule has 0 aromatic carbocycles. The fraction of sp³-hybridized carbons (Fsp3) is 1.00. The highest BCUT2D eigenvalue weighted by Crippen LogP contribution is 2.00. The predicted octanol–water partition coefficient (Wildman–Crippen LogP) is 1.41. The highest BCUT2D eigenvalue weighted by molar-refractivity contribution is 7.16.